The molecule has 34 heavy (non-hydrogen) atoms. The fraction of sp³-hybridized carbons (Fsp3) is 0.267. The Bertz CT molecular complexity index is 890. The number of aromatic nitrogens is 2. The Labute approximate surface area is 206 Å². The van der Waals surface area contributed by atoms with E-state index in [1.165, 1.54) is 11.1 Å². The van der Waals surface area contributed by atoms with Crippen molar-refractivity contribution in [2.24, 2.45) is 0 Å². The standard InChI is InChI=1S/C30H38N4/c1-5-7-9-15-27(3)23-33(25-29-17-11-13-19-31-29)21-22-34(24-28(4)16-10-8-6-2)26-30-18-12-14-20-32-30/h5-20H,1-2,21-26H2,3-4H3/b9-7-,10-8-,27-15+,28-16+. The van der Waals surface area contributed by atoms with Crippen molar-refractivity contribution >= 4 is 0 Å². The predicted octanol–water partition coefficient (Wildman–Crippen LogP) is 6.16. The molecule has 0 aromatic carbocycles. The van der Waals surface area contributed by atoms with Crippen LogP contribution >= 0.6 is 0 Å². The first kappa shape index (κ1) is 26.9. The van der Waals surface area contributed by atoms with E-state index in [9.17, 15) is 0 Å². The fourth-order valence-electron chi connectivity index (χ4n) is 3.56. The lowest BCUT2D eigenvalue weighted by molar-refractivity contribution is 0.209. The van der Waals surface area contributed by atoms with Crippen LogP contribution < -0.4 is 0 Å². The Hall–Kier alpha value is -3.34. The molecule has 0 saturated carbocycles. The van der Waals surface area contributed by atoms with Gasteiger partial charge in [0, 0.05) is 51.7 Å². The summed E-state index contributed by atoms with van der Waals surface area (Å²) >= 11 is 0. The van der Waals surface area contributed by atoms with E-state index in [4.69, 9.17) is 0 Å². The molecule has 2 rings (SSSR count). The molecule has 4 nitrogen and oxygen atoms in total. The second kappa shape index (κ2) is 16.3. The summed E-state index contributed by atoms with van der Waals surface area (Å²) in [5, 5.41) is 0. The molecular formula is C30H38N4. The Morgan fingerprint density at radius 2 is 1.15 bits per heavy atom. The molecule has 0 radical (unpaired) electrons. The Balaban J connectivity index is 2.14. The van der Waals surface area contributed by atoms with Crippen LogP contribution in [-0.2, 0) is 13.1 Å². The third-order valence-corrected chi connectivity index (χ3v) is 5.16. The van der Waals surface area contributed by atoms with Crippen LogP contribution in [0.2, 0.25) is 0 Å². The van der Waals surface area contributed by atoms with E-state index in [2.05, 4.69) is 71.1 Å². The Kier molecular flexibility index (Phi) is 12.9. The van der Waals surface area contributed by atoms with Crippen LogP contribution in [0.15, 0.2) is 122 Å². The van der Waals surface area contributed by atoms with E-state index in [1.807, 2.05) is 61.0 Å². The van der Waals surface area contributed by atoms with Gasteiger partial charge in [-0.3, -0.25) is 19.8 Å². The summed E-state index contributed by atoms with van der Waals surface area (Å²) in [5.41, 5.74) is 4.77. The van der Waals surface area contributed by atoms with Crippen molar-refractivity contribution in [3.8, 4) is 0 Å². The summed E-state index contributed by atoms with van der Waals surface area (Å²) in [7, 11) is 0. The molecule has 0 saturated heterocycles. The van der Waals surface area contributed by atoms with E-state index < -0.39 is 0 Å². The molecule has 0 fully saturated rings. The number of pyridine rings is 2. The molecule has 4 heteroatoms. The van der Waals surface area contributed by atoms with Gasteiger partial charge < -0.3 is 0 Å². The lowest BCUT2D eigenvalue weighted by atomic mass is 10.2. The molecule has 0 aliphatic carbocycles. The van der Waals surface area contributed by atoms with Crippen LogP contribution in [0.5, 0.6) is 0 Å². The third kappa shape index (κ3) is 11.5. The molecule has 0 unspecified atom stereocenters. The molecule has 0 spiro atoms. The molecular weight excluding hydrogens is 416 g/mol. The zero-order valence-corrected chi connectivity index (χ0v) is 20.7. The smallest absolute Gasteiger partial charge is 0.0544 e. The molecule has 2 aromatic rings. The van der Waals surface area contributed by atoms with Gasteiger partial charge in [-0.2, -0.15) is 0 Å². The molecule has 178 valence electrons. The van der Waals surface area contributed by atoms with E-state index >= 15 is 0 Å². The molecule has 0 bridgehead atoms. The highest BCUT2D eigenvalue weighted by Gasteiger charge is 2.13. The van der Waals surface area contributed by atoms with Gasteiger partial charge in [-0.15, -0.1) is 0 Å². The van der Waals surface area contributed by atoms with Crippen molar-refractivity contribution in [2.75, 3.05) is 26.2 Å². The van der Waals surface area contributed by atoms with E-state index in [1.54, 1.807) is 12.2 Å². The van der Waals surface area contributed by atoms with Gasteiger partial charge in [0.15, 0.2) is 0 Å². The van der Waals surface area contributed by atoms with Gasteiger partial charge in [-0.25, -0.2) is 0 Å². The highest BCUT2D eigenvalue weighted by atomic mass is 15.2. The number of nitrogens with zero attached hydrogens (tertiary/aromatic N) is 4. The maximum Gasteiger partial charge on any atom is 0.0544 e. The van der Waals surface area contributed by atoms with Crippen molar-refractivity contribution in [3.05, 3.63) is 133 Å². The third-order valence-electron chi connectivity index (χ3n) is 5.16. The highest BCUT2D eigenvalue weighted by Crippen LogP contribution is 2.09. The summed E-state index contributed by atoms with van der Waals surface area (Å²) < 4.78 is 0. The molecule has 2 heterocycles. The van der Waals surface area contributed by atoms with Gasteiger partial charge in [0.1, 0.15) is 0 Å². The summed E-state index contributed by atoms with van der Waals surface area (Å²) in [4.78, 5) is 14.0. The van der Waals surface area contributed by atoms with Gasteiger partial charge in [0.05, 0.1) is 11.4 Å². The number of rotatable bonds is 15. The Morgan fingerprint density at radius 3 is 1.50 bits per heavy atom. The lowest BCUT2D eigenvalue weighted by Crippen LogP contribution is -2.36. The van der Waals surface area contributed by atoms with Gasteiger partial charge in [-0.1, -0.05) is 85.0 Å². The second-order valence-corrected chi connectivity index (χ2v) is 8.33. The summed E-state index contributed by atoms with van der Waals surface area (Å²) in [5.74, 6) is 0. The average molecular weight is 455 g/mol. The first-order chi connectivity index (χ1) is 16.6. The number of hydrogen-bond acceptors (Lipinski definition) is 4. The van der Waals surface area contributed by atoms with Crippen LogP contribution in [0.3, 0.4) is 0 Å². The number of hydrogen-bond donors (Lipinski definition) is 0. The van der Waals surface area contributed by atoms with Crippen LogP contribution in [0.1, 0.15) is 25.2 Å². The predicted molar refractivity (Wildman–Crippen MR) is 145 cm³/mol. The maximum absolute atomic E-state index is 4.55. The minimum Gasteiger partial charge on any atom is -0.292 e. The lowest BCUT2D eigenvalue weighted by Gasteiger charge is -2.28. The molecule has 2 aromatic heterocycles. The van der Waals surface area contributed by atoms with Crippen molar-refractivity contribution < 1.29 is 0 Å². The van der Waals surface area contributed by atoms with Gasteiger partial charge in [-0.05, 0) is 38.1 Å². The van der Waals surface area contributed by atoms with Crippen LogP contribution in [0.4, 0.5) is 0 Å². The Morgan fingerprint density at radius 1 is 0.706 bits per heavy atom. The van der Waals surface area contributed by atoms with E-state index in [0.29, 0.717) is 0 Å². The average Bonchev–Trinajstić information content (AvgIpc) is 2.84. The molecule has 0 aliphatic rings. The topological polar surface area (TPSA) is 32.3 Å². The fourth-order valence-corrected chi connectivity index (χ4v) is 3.56. The molecule has 0 aliphatic heterocycles. The largest absolute Gasteiger partial charge is 0.292 e. The minimum atomic E-state index is 0.811. The molecule has 0 N–H and O–H groups in total. The molecule has 0 amide bonds. The first-order valence-electron chi connectivity index (χ1n) is 11.7. The number of allylic oxidation sites excluding steroid dienone is 8. The second-order valence-electron chi connectivity index (χ2n) is 8.33. The normalized spacial score (nSPS) is 12.8. The van der Waals surface area contributed by atoms with Crippen molar-refractivity contribution in [1.29, 1.82) is 0 Å². The van der Waals surface area contributed by atoms with Crippen LogP contribution in [0.25, 0.3) is 0 Å². The summed E-state index contributed by atoms with van der Waals surface area (Å²) in [6.45, 7) is 17.1. The first-order valence-corrected chi connectivity index (χ1v) is 11.7. The minimum absolute atomic E-state index is 0.811. The van der Waals surface area contributed by atoms with Gasteiger partial charge in [0.2, 0.25) is 0 Å². The summed E-state index contributed by atoms with van der Waals surface area (Å²) in [6, 6.07) is 12.2. The quantitative estimate of drug-likeness (QED) is 0.302. The van der Waals surface area contributed by atoms with Gasteiger partial charge >= 0.3 is 0 Å². The SMILES string of the molecule is C=C/C=C\C=C(/C)CN(CCN(C/C(C)=C/C=C\C=C)Cc1ccccn1)Cc1ccccn1. The zero-order chi connectivity index (χ0) is 24.4. The van der Waals surface area contributed by atoms with Crippen molar-refractivity contribution in [2.45, 2.75) is 26.9 Å². The van der Waals surface area contributed by atoms with Gasteiger partial charge in [0.25, 0.3) is 0 Å². The highest BCUT2D eigenvalue weighted by molar-refractivity contribution is 5.17. The van der Waals surface area contributed by atoms with Crippen molar-refractivity contribution in [1.82, 2.24) is 19.8 Å². The molecule has 0 atom stereocenters. The van der Waals surface area contributed by atoms with E-state index in [0.717, 1.165) is 50.7 Å². The van der Waals surface area contributed by atoms with Crippen LogP contribution in [-0.4, -0.2) is 45.9 Å². The van der Waals surface area contributed by atoms with Crippen molar-refractivity contribution in [3.63, 3.8) is 0 Å². The maximum atomic E-state index is 4.55. The van der Waals surface area contributed by atoms with E-state index in [-0.39, 0.29) is 0 Å². The monoisotopic (exact) mass is 454 g/mol. The van der Waals surface area contributed by atoms with Crippen LogP contribution in [0, 0.1) is 0 Å². The summed E-state index contributed by atoms with van der Waals surface area (Å²) in [6.07, 6.45) is 19.6. The zero-order valence-electron chi connectivity index (χ0n) is 20.7.